The van der Waals surface area contributed by atoms with Gasteiger partial charge in [0.2, 0.25) is 5.89 Å². The number of hydrogen-bond acceptors (Lipinski definition) is 4. The molecule has 2 rings (SSSR count). The quantitative estimate of drug-likeness (QED) is 0.751. The zero-order chi connectivity index (χ0) is 11.1. The van der Waals surface area contributed by atoms with Gasteiger partial charge in [-0.25, -0.2) is 0 Å². The molecule has 1 fully saturated rings. The molecule has 1 N–H and O–H groups in total. The largest absolute Gasteiger partial charge is 0.340 e. The average Bonchev–Trinajstić information content (AvgIpc) is 2.83. The third-order valence-corrected chi connectivity index (χ3v) is 3.38. The van der Waals surface area contributed by atoms with Crippen LogP contribution in [-0.4, -0.2) is 23.2 Å². The van der Waals surface area contributed by atoms with Crippen LogP contribution in [0.5, 0.6) is 0 Å². The van der Waals surface area contributed by atoms with Crippen LogP contribution in [0.1, 0.15) is 44.4 Å². The third kappa shape index (κ3) is 3.93. The predicted molar refractivity (Wildman–Crippen MR) is 62.1 cm³/mol. The monoisotopic (exact) mass is 223 g/mol. The van der Waals surface area contributed by atoms with Crippen molar-refractivity contribution in [3.63, 3.8) is 0 Å². The van der Waals surface area contributed by atoms with E-state index in [1.807, 2.05) is 0 Å². The summed E-state index contributed by atoms with van der Waals surface area (Å²) in [6.07, 6.45) is 10.8. The van der Waals surface area contributed by atoms with E-state index in [1.54, 1.807) is 0 Å². The van der Waals surface area contributed by atoms with Crippen LogP contribution in [-0.2, 0) is 6.42 Å². The van der Waals surface area contributed by atoms with Crippen LogP contribution in [0.25, 0.3) is 0 Å². The Morgan fingerprint density at radius 2 is 2.12 bits per heavy atom. The van der Waals surface area contributed by atoms with Crippen LogP contribution in [0.3, 0.4) is 0 Å². The summed E-state index contributed by atoms with van der Waals surface area (Å²) in [6.45, 7) is 2.06. The van der Waals surface area contributed by atoms with Crippen molar-refractivity contribution in [1.29, 1.82) is 0 Å². The van der Waals surface area contributed by atoms with Gasteiger partial charge in [-0.05, 0) is 18.9 Å². The minimum Gasteiger partial charge on any atom is -0.340 e. The zero-order valence-corrected chi connectivity index (χ0v) is 9.82. The van der Waals surface area contributed by atoms with Crippen LogP contribution < -0.4 is 5.32 Å². The topological polar surface area (TPSA) is 51.0 Å². The second kappa shape index (κ2) is 6.63. The third-order valence-electron chi connectivity index (χ3n) is 3.38. The number of rotatable bonds is 6. The van der Waals surface area contributed by atoms with Crippen molar-refractivity contribution in [2.24, 2.45) is 5.92 Å². The lowest BCUT2D eigenvalue weighted by molar-refractivity contribution is 0.332. The van der Waals surface area contributed by atoms with Gasteiger partial charge >= 0.3 is 0 Å². The molecule has 4 nitrogen and oxygen atoms in total. The molecule has 1 aliphatic carbocycles. The standard InChI is InChI=1S/C12H21N3O/c1-2-4-11(5-3-1)6-8-13-9-7-12-14-10-15-16-12/h10-11,13H,1-9H2. The summed E-state index contributed by atoms with van der Waals surface area (Å²) < 4.78 is 4.93. The lowest BCUT2D eigenvalue weighted by atomic mass is 9.87. The van der Waals surface area contributed by atoms with Gasteiger partial charge in [-0.2, -0.15) is 4.98 Å². The van der Waals surface area contributed by atoms with Crippen LogP contribution in [0, 0.1) is 5.92 Å². The Morgan fingerprint density at radius 1 is 1.25 bits per heavy atom. The molecule has 1 saturated carbocycles. The Labute approximate surface area is 96.8 Å². The van der Waals surface area contributed by atoms with Gasteiger partial charge in [-0.3, -0.25) is 0 Å². The molecule has 0 bridgehead atoms. The van der Waals surface area contributed by atoms with Crippen LogP contribution in [0.15, 0.2) is 10.9 Å². The highest BCUT2D eigenvalue weighted by Gasteiger charge is 2.12. The van der Waals surface area contributed by atoms with Gasteiger partial charge in [-0.15, -0.1) is 0 Å². The highest BCUT2D eigenvalue weighted by molar-refractivity contribution is 4.75. The Bertz CT molecular complexity index is 268. The fourth-order valence-electron chi connectivity index (χ4n) is 2.41. The Hall–Kier alpha value is -0.900. The van der Waals surface area contributed by atoms with E-state index in [2.05, 4.69) is 15.5 Å². The van der Waals surface area contributed by atoms with Crippen molar-refractivity contribution in [2.45, 2.75) is 44.9 Å². The number of aromatic nitrogens is 2. The normalized spacial score (nSPS) is 17.8. The molecule has 1 heterocycles. The molecule has 16 heavy (non-hydrogen) atoms. The van der Waals surface area contributed by atoms with E-state index in [0.717, 1.165) is 31.3 Å². The molecular weight excluding hydrogens is 202 g/mol. The lowest BCUT2D eigenvalue weighted by Crippen LogP contribution is -2.21. The van der Waals surface area contributed by atoms with E-state index < -0.39 is 0 Å². The maximum atomic E-state index is 4.93. The summed E-state index contributed by atoms with van der Waals surface area (Å²) >= 11 is 0. The van der Waals surface area contributed by atoms with Crippen molar-refractivity contribution in [1.82, 2.24) is 15.5 Å². The van der Waals surface area contributed by atoms with E-state index in [9.17, 15) is 0 Å². The Balaban J connectivity index is 1.48. The molecule has 1 aromatic rings. The maximum Gasteiger partial charge on any atom is 0.227 e. The molecule has 0 aliphatic heterocycles. The van der Waals surface area contributed by atoms with Crippen molar-refractivity contribution < 1.29 is 4.52 Å². The molecule has 0 saturated heterocycles. The second-order valence-electron chi connectivity index (χ2n) is 4.63. The molecular formula is C12H21N3O. The van der Waals surface area contributed by atoms with Gasteiger partial charge in [0.15, 0.2) is 6.33 Å². The molecule has 0 atom stereocenters. The molecule has 4 heteroatoms. The van der Waals surface area contributed by atoms with E-state index in [4.69, 9.17) is 4.52 Å². The molecule has 0 amide bonds. The summed E-state index contributed by atoms with van der Waals surface area (Å²) in [5, 5.41) is 7.02. The van der Waals surface area contributed by atoms with Gasteiger partial charge in [0, 0.05) is 13.0 Å². The Morgan fingerprint density at radius 3 is 2.88 bits per heavy atom. The smallest absolute Gasteiger partial charge is 0.227 e. The number of nitrogens with zero attached hydrogens (tertiary/aromatic N) is 2. The van der Waals surface area contributed by atoms with E-state index in [0.29, 0.717) is 0 Å². The van der Waals surface area contributed by atoms with Gasteiger partial charge in [0.05, 0.1) is 0 Å². The first-order chi connectivity index (χ1) is 7.95. The molecule has 1 aromatic heterocycles. The van der Waals surface area contributed by atoms with E-state index in [-0.39, 0.29) is 0 Å². The van der Waals surface area contributed by atoms with Crippen molar-refractivity contribution in [3.8, 4) is 0 Å². The van der Waals surface area contributed by atoms with E-state index >= 15 is 0 Å². The highest BCUT2D eigenvalue weighted by Crippen LogP contribution is 2.25. The van der Waals surface area contributed by atoms with Crippen LogP contribution >= 0.6 is 0 Å². The molecule has 0 spiro atoms. The fourth-order valence-corrected chi connectivity index (χ4v) is 2.41. The van der Waals surface area contributed by atoms with Gasteiger partial charge in [0.25, 0.3) is 0 Å². The fraction of sp³-hybridized carbons (Fsp3) is 0.833. The van der Waals surface area contributed by atoms with Gasteiger partial charge < -0.3 is 9.84 Å². The van der Waals surface area contributed by atoms with E-state index in [1.165, 1.54) is 44.9 Å². The summed E-state index contributed by atoms with van der Waals surface area (Å²) in [7, 11) is 0. The predicted octanol–water partition coefficient (Wildman–Crippen LogP) is 2.17. The summed E-state index contributed by atoms with van der Waals surface area (Å²) in [4.78, 5) is 3.99. The lowest BCUT2D eigenvalue weighted by Gasteiger charge is -2.21. The number of nitrogens with one attached hydrogen (secondary N) is 1. The second-order valence-corrected chi connectivity index (χ2v) is 4.63. The zero-order valence-electron chi connectivity index (χ0n) is 9.82. The molecule has 0 aromatic carbocycles. The first kappa shape index (κ1) is 11.6. The van der Waals surface area contributed by atoms with Crippen molar-refractivity contribution in [2.75, 3.05) is 13.1 Å². The number of hydrogen-bond donors (Lipinski definition) is 1. The van der Waals surface area contributed by atoms with Crippen molar-refractivity contribution in [3.05, 3.63) is 12.2 Å². The Kier molecular flexibility index (Phi) is 4.80. The van der Waals surface area contributed by atoms with Crippen molar-refractivity contribution >= 4 is 0 Å². The molecule has 0 unspecified atom stereocenters. The van der Waals surface area contributed by atoms with Crippen LogP contribution in [0.2, 0.25) is 0 Å². The average molecular weight is 223 g/mol. The first-order valence-electron chi connectivity index (χ1n) is 6.41. The first-order valence-corrected chi connectivity index (χ1v) is 6.41. The molecule has 90 valence electrons. The summed E-state index contributed by atoms with van der Waals surface area (Å²) in [6, 6.07) is 0. The van der Waals surface area contributed by atoms with Crippen LogP contribution in [0.4, 0.5) is 0 Å². The SMILES string of the molecule is c1noc(CCNCCC2CCCCC2)n1. The maximum absolute atomic E-state index is 4.93. The van der Waals surface area contributed by atoms with Gasteiger partial charge in [-0.1, -0.05) is 37.3 Å². The minimum absolute atomic E-state index is 0.727. The summed E-state index contributed by atoms with van der Waals surface area (Å²) in [5.41, 5.74) is 0. The highest BCUT2D eigenvalue weighted by atomic mass is 16.5. The molecule has 0 radical (unpaired) electrons. The van der Waals surface area contributed by atoms with Gasteiger partial charge in [0.1, 0.15) is 0 Å². The minimum atomic E-state index is 0.727. The summed E-state index contributed by atoms with van der Waals surface area (Å²) in [5.74, 6) is 1.69. The molecule has 1 aliphatic rings.